The lowest BCUT2D eigenvalue weighted by Crippen LogP contribution is -2.43. The summed E-state index contributed by atoms with van der Waals surface area (Å²) in [4.78, 5) is 31.4. The Labute approximate surface area is 169 Å². The van der Waals surface area contributed by atoms with Gasteiger partial charge >= 0.3 is 6.18 Å². The Balaban J connectivity index is 1.87. The number of amides is 2. The first kappa shape index (κ1) is 19.7. The highest BCUT2D eigenvalue weighted by Gasteiger charge is 2.43. The third-order valence-corrected chi connectivity index (χ3v) is 4.85. The number of rotatable bonds is 3. The molecule has 0 saturated carbocycles. The largest absolute Gasteiger partial charge is 0.406 e. The summed E-state index contributed by atoms with van der Waals surface area (Å²) >= 11 is 0. The fourth-order valence-corrected chi connectivity index (χ4v) is 3.50. The number of anilines is 1. The molecule has 1 aromatic heterocycles. The minimum Gasteiger partial charge on any atom is -0.343 e. The number of carbonyl (C=O) groups is 2. The van der Waals surface area contributed by atoms with E-state index in [4.69, 9.17) is 0 Å². The van der Waals surface area contributed by atoms with Crippen molar-refractivity contribution in [3.63, 3.8) is 0 Å². The Kier molecular flexibility index (Phi) is 4.64. The van der Waals surface area contributed by atoms with Gasteiger partial charge in [-0.05, 0) is 17.7 Å². The first-order valence-electron chi connectivity index (χ1n) is 8.97. The van der Waals surface area contributed by atoms with Crippen molar-refractivity contribution in [3.8, 4) is 11.1 Å². The van der Waals surface area contributed by atoms with Crippen LogP contribution < -0.4 is 4.90 Å². The van der Waals surface area contributed by atoms with Gasteiger partial charge in [0.2, 0.25) is 0 Å². The van der Waals surface area contributed by atoms with E-state index in [1.165, 1.54) is 23.4 Å². The molecule has 0 spiro atoms. The monoisotopic (exact) mass is 415 g/mol. The number of azo groups is 1. The third-order valence-electron chi connectivity index (χ3n) is 4.85. The van der Waals surface area contributed by atoms with Crippen LogP contribution in [-0.2, 0) is 4.79 Å². The maximum atomic E-state index is 13.2. The molecule has 0 radical (unpaired) electrons. The van der Waals surface area contributed by atoms with Crippen molar-refractivity contribution in [3.05, 3.63) is 59.6 Å². The van der Waals surface area contributed by atoms with Gasteiger partial charge in [-0.1, -0.05) is 18.2 Å². The van der Waals surface area contributed by atoms with Crippen molar-refractivity contribution in [2.75, 3.05) is 25.5 Å². The van der Waals surface area contributed by atoms with Gasteiger partial charge in [0.05, 0.1) is 17.5 Å². The van der Waals surface area contributed by atoms with Gasteiger partial charge in [0, 0.05) is 31.4 Å². The van der Waals surface area contributed by atoms with Gasteiger partial charge in [-0.15, -0.1) is 0 Å². The number of fused-ring (bicyclic) bond motifs is 3. The standard InChI is InChI=1S/C20H16F3N5O2/c1-27(2)19(30)17-12(4-3-7-24-17)11-5-6-13-15(8-11)28(10-20(21,22)23)18(29)14-9-25-26-16(13)14/h3-9,16H,10H2,1-2H3. The second-order valence-electron chi connectivity index (χ2n) is 7.10. The molecule has 3 heterocycles. The van der Waals surface area contributed by atoms with Crippen LogP contribution in [0.1, 0.15) is 22.1 Å². The van der Waals surface area contributed by atoms with Gasteiger partial charge in [0.15, 0.2) is 0 Å². The van der Waals surface area contributed by atoms with E-state index >= 15 is 0 Å². The van der Waals surface area contributed by atoms with Crippen LogP contribution in [0.2, 0.25) is 0 Å². The molecule has 7 nitrogen and oxygen atoms in total. The predicted octanol–water partition coefficient (Wildman–Crippen LogP) is 3.75. The topological polar surface area (TPSA) is 78.2 Å². The van der Waals surface area contributed by atoms with Gasteiger partial charge in [0.25, 0.3) is 11.8 Å². The van der Waals surface area contributed by atoms with E-state index in [2.05, 4.69) is 15.2 Å². The Morgan fingerprint density at radius 3 is 2.70 bits per heavy atom. The number of hydrogen-bond donors (Lipinski definition) is 0. The highest BCUT2D eigenvalue weighted by molar-refractivity contribution is 6.10. The summed E-state index contributed by atoms with van der Waals surface area (Å²) in [5, 5.41) is 7.70. The predicted molar refractivity (Wildman–Crippen MR) is 102 cm³/mol. The van der Waals surface area contributed by atoms with Crippen LogP contribution >= 0.6 is 0 Å². The molecule has 0 aliphatic carbocycles. The smallest absolute Gasteiger partial charge is 0.343 e. The number of aromatic nitrogens is 1. The summed E-state index contributed by atoms with van der Waals surface area (Å²) in [6, 6.07) is 7.31. The van der Waals surface area contributed by atoms with Crippen molar-refractivity contribution < 1.29 is 22.8 Å². The number of alkyl halides is 3. The maximum Gasteiger partial charge on any atom is 0.406 e. The second kappa shape index (κ2) is 7.05. The summed E-state index contributed by atoms with van der Waals surface area (Å²) in [5.74, 6) is -1.14. The molecule has 2 aliphatic heterocycles. The van der Waals surface area contributed by atoms with Crippen LogP contribution in [0.4, 0.5) is 18.9 Å². The van der Waals surface area contributed by atoms with E-state index in [1.807, 2.05) is 0 Å². The van der Waals surface area contributed by atoms with Crippen LogP contribution in [0.5, 0.6) is 0 Å². The summed E-state index contributed by atoms with van der Waals surface area (Å²) in [5.41, 5.74) is 1.71. The molecule has 10 heteroatoms. The Morgan fingerprint density at radius 2 is 2.00 bits per heavy atom. The lowest BCUT2D eigenvalue weighted by molar-refractivity contribution is -0.130. The maximum absolute atomic E-state index is 13.2. The molecule has 2 aromatic rings. The Hall–Kier alpha value is -3.56. The zero-order chi connectivity index (χ0) is 21.6. The van der Waals surface area contributed by atoms with E-state index in [9.17, 15) is 22.8 Å². The van der Waals surface area contributed by atoms with Crippen molar-refractivity contribution in [2.45, 2.75) is 12.2 Å². The van der Waals surface area contributed by atoms with Gasteiger partial charge in [0.1, 0.15) is 18.3 Å². The second-order valence-corrected chi connectivity index (χ2v) is 7.10. The van der Waals surface area contributed by atoms with Crippen molar-refractivity contribution in [1.29, 1.82) is 0 Å². The molecule has 4 rings (SSSR count). The van der Waals surface area contributed by atoms with E-state index in [0.717, 1.165) is 0 Å². The fourth-order valence-electron chi connectivity index (χ4n) is 3.50. The Bertz CT molecular complexity index is 1110. The number of halogens is 3. The van der Waals surface area contributed by atoms with E-state index in [0.29, 0.717) is 21.6 Å². The number of carbonyl (C=O) groups excluding carboxylic acids is 2. The molecule has 0 saturated heterocycles. The van der Waals surface area contributed by atoms with Crippen LogP contribution in [-0.4, -0.2) is 48.5 Å². The molecule has 0 N–H and O–H groups in total. The highest BCUT2D eigenvalue weighted by atomic mass is 19.4. The van der Waals surface area contributed by atoms with Gasteiger partial charge < -0.3 is 4.90 Å². The lowest BCUT2D eigenvalue weighted by Gasteiger charge is -2.33. The summed E-state index contributed by atoms with van der Waals surface area (Å²) in [6.07, 6.45) is -1.93. The number of benzene rings is 1. The first-order valence-corrected chi connectivity index (χ1v) is 8.97. The minimum atomic E-state index is -4.59. The van der Waals surface area contributed by atoms with Crippen molar-refractivity contribution in [1.82, 2.24) is 9.88 Å². The third kappa shape index (κ3) is 3.34. The van der Waals surface area contributed by atoms with Crippen LogP contribution in [0.3, 0.4) is 0 Å². The molecule has 0 fully saturated rings. The quantitative estimate of drug-likeness (QED) is 0.766. The fraction of sp³-hybridized carbons (Fsp3) is 0.250. The van der Waals surface area contributed by atoms with Gasteiger partial charge in [-0.3, -0.25) is 19.5 Å². The van der Waals surface area contributed by atoms with E-state index in [-0.39, 0.29) is 22.9 Å². The molecular formula is C20H16F3N5O2. The average molecular weight is 415 g/mol. The highest BCUT2D eigenvalue weighted by Crippen LogP contribution is 2.45. The van der Waals surface area contributed by atoms with Crippen LogP contribution in [0, 0.1) is 0 Å². The summed E-state index contributed by atoms with van der Waals surface area (Å²) in [6.45, 7) is -1.44. The van der Waals surface area contributed by atoms with Crippen molar-refractivity contribution >= 4 is 17.5 Å². The molecule has 30 heavy (non-hydrogen) atoms. The average Bonchev–Trinajstić information content (AvgIpc) is 3.19. The number of hydrogen-bond acceptors (Lipinski definition) is 5. The van der Waals surface area contributed by atoms with Crippen LogP contribution in [0.25, 0.3) is 11.1 Å². The number of nitrogens with zero attached hydrogens (tertiary/aromatic N) is 5. The van der Waals surface area contributed by atoms with Gasteiger partial charge in [-0.2, -0.15) is 23.4 Å². The summed E-state index contributed by atoms with van der Waals surface area (Å²) in [7, 11) is 3.16. The minimum absolute atomic E-state index is 0.0879. The Morgan fingerprint density at radius 1 is 1.23 bits per heavy atom. The molecule has 1 atom stereocenters. The van der Waals surface area contributed by atoms with Crippen LogP contribution in [0.15, 0.2) is 58.5 Å². The van der Waals surface area contributed by atoms with E-state index in [1.54, 1.807) is 38.4 Å². The van der Waals surface area contributed by atoms with Crippen molar-refractivity contribution in [2.24, 2.45) is 10.2 Å². The molecule has 1 unspecified atom stereocenters. The zero-order valence-electron chi connectivity index (χ0n) is 16.0. The molecule has 1 aromatic carbocycles. The van der Waals surface area contributed by atoms with Gasteiger partial charge in [-0.25, -0.2) is 0 Å². The normalized spacial score (nSPS) is 17.5. The zero-order valence-corrected chi connectivity index (χ0v) is 16.0. The summed E-state index contributed by atoms with van der Waals surface area (Å²) < 4.78 is 39.6. The molecule has 2 amide bonds. The molecule has 0 bridgehead atoms. The molecule has 154 valence electrons. The lowest BCUT2D eigenvalue weighted by atomic mass is 9.90. The molecular weight excluding hydrogens is 399 g/mol. The first-order chi connectivity index (χ1) is 14.2. The SMILES string of the molecule is CN(C)C(=O)c1ncccc1-c1ccc2c(c1)N(CC(F)(F)F)C(=O)C1=CN=NC12. The van der Waals surface area contributed by atoms with E-state index < -0.39 is 24.7 Å². The molecule has 2 aliphatic rings. The number of pyridine rings is 1.